The van der Waals surface area contributed by atoms with Crippen LogP contribution in [0.3, 0.4) is 0 Å². The quantitative estimate of drug-likeness (QED) is 0.0987. The molecule has 0 saturated carbocycles. The zero-order valence-corrected chi connectivity index (χ0v) is 24.9. The molecule has 0 fully saturated rings. The highest BCUT2D eigenvalue weighted by Crippen LogP contribution is 2.32. The first-order chi connectivity index (χ1) is 21.1. The molecular formula is C33H31F4N3O3S. The Hall–Kier alpha value is -4.12. The molecule has 0 radical (unpaired) electrons. The van der Waals surface area contributed by atoms with Crippen molar-refractivity contribution in [3.05, 3.63) is 117 Å². The molecule has 5 rings (SSSR count). The fourth-order valence-corrected chi connectivity index (χ4v) is 6.13. The van der Waals surface area contributed by atoms with Crippen molar-refractivity contribution in [2.45, 2.75) is 62.8 Å². The number of hydrogen-bond acceptors (Lipinski definition) is 5. The van der Waals surface area contributed by atoms with Crippen LogP contribution in [0.2, 0.25) is 0 Å². The Morgan fingerprint density at radius 2 is 1.75 bits per heavy atom. The third-order valence-corrected chi connectivity index (χ3v) is 8.36. The van der Waals surface area contributed by atoms with E-state index in [1.54, 1.807) is 35.2 Å². The highest BCUT2D eigenvalue weighted by Gasteiger charge is 2.30. The summed E-state index contributed by atoms with van der Waals surface area (Å²) in [6.07, 6.45) is -1.58. The molecule has 1 aromatic heterocycles. The van der Waals surface area contributed by atoms with Crippen molar-refractivity contribution in [1.82, 2.24) is 14.5 Å². The molecule has 6 nitrogen and oxygen atoms in total. The largest absolute Gasteiger partial charge is 0.457 e. The number of fused-ring (bicyclic) bond motifs is 1. The van der Waals surface area contributed by atoms with Crippen LogP contribution in [0.25, 0.3) is 0 Å². The van der Waals surface area contributed by atoms with Gasteiger partial charge in [-0.05, 0) is 85.3 Å². The van der Waals surface area contributed by atoms with Gasteiger partial charge in [0.2, 0.25) is 5.91 Å². The summed E-state index contributed by atoms with van der Waals surface area (Å²) in [6.45, 7) is 2.79. The van der Waals surface area contributed by atoms with Gasteiger partial charge in [-0.2, -0.15) is 18.2 Å². The van der Waals surface area contributed by atoms with E-state index in [4.69, 9.17) is 4.74 Å². The van der Waals surface area contributed by atoms with E-state index in [0.717, 1.165) is 41.8 Å². The molecule has 0 aliphatic heterocycles. The second-order valence-electron chi connectivity index (χ2n) is 10.6. The molecule has 0 atom stereocenters. The molecule has 0 N–H and O–H groups in total. The van der Waals surface area contributed by atoms with Crippen LogP contribution in [0.1, 0.15) is 47.7 Å². The summed E-state index contributed by atoms with van der Waals surface area (Å²) in [5, 5.41) is 0.455. The van der Waals surface area contributed by atoms with Crippen molar-refractivity contribution < 1.29 is 27.1 Å². The number of benzene rings is 3. The van der Waals surface area contributed by atoms with Crippen LogP contribution >= 0.6 is 11.8 Å². The number of halogens is 4. The number of ether oxygens (including phenoxy) is 1. The lowest BCUT2D eigenvalue weighted by Gasteiger charge is -2.25. The van der Waals surface area contributed by atoms with Crippen LogP contribution in [0, 0.1) is 5.82 Å². The van der Waals surface area contributed by atoms with E-state index < -0.39 is 11.7 Å². The fourth-order valence-electron chi connectivity index (χ4n) is 5.16. The van der Waals surface area contributed by atoms with Gasteiger partial charge in [-0.15, -0.1) is 0 Å². The topological polar surface area (TPSA) is 64.4 Å². The molecule has 0 unspecified atom stereocenters. The molecule has 1 aliphatic rings. The second-order valence-corrected chi connectivity index (χ2v) is 11.5. The molecule has 0 bridgehead atoms. The Bertz CT molecular complexity index is 1670. The molecular weight excluding hydrogens is 594 g/mol. The third-order valence-electron chi connectivity index (χ3n) is 7.31. The minimum absolute atomic E-state index is 0.0170. The summed E-state index contributed by atoms with van der Waals surface area (Å²) in [5.41, 5.74) is 2.13. The normalized spacial score (nSPS) is 12.7. The van der Waals surface area contributed by atoms with Crippen LogP contribution < -0.4 is 10.3 Å². The number of carbonyl (C=O) groups excluding carboxylic acids is 1. The van der Waals surface area contributed by atoms with E-state index in [2.05, 4.69) is 4.98 Å². The number of nitrogens with zero attached hydrogens (tertiary/aromatic N) is 3. The van der Waals surface area contributed by atoms with Gasteiger partial charge in [0.25, 0.3) is 5.56 Å². The number of alkyl halides is 3. The minimum atomic E-state index is -4.43. The zero-order chi connectivity index (χ0) is 31.3. The van der Waals surface area contributed by atoms with Crippen molar-refractivity contribution in [3.63, 3.8) is 0 Å². The maximum absolute atomic E-state index is 13.8. The van der Waals surface area contributed by atoms with E-state index in [0.29, 0.717) is 48.2 Å². The maximum Gasteiger partial charge on any atom is 0.416 e. The summed E-state index contributed by atoms with van der Waals surface area (Å²) in [6, 6.07) is 17.7. The Labute approximate surface area is 256 Å². The number of aromatic nitrogens is 2. The number of hydrogen-bond donors (Lipinski definition) is 0. The molecule has 1 aliphatic carbocycles. The summed E-state index contributed by atoms with van der Waals surface area (Å²) in [5.74, 6) is 0.702. The van der Waals surface area contributed by atoms with Crippen molar-refractivity contribution >= 4 is 17.7 Å². The molecule has 1 heterocycles. The summed E-state index contributed by atoms with van der Waals surface area (Å²) in [4.78, 5) is 32.6. The average molecular weight is 626 g/mol. The van der Waals surface area contributed by atoms with Crippen LogP contribution in [0.5, 0.6) is 11.5 Å². The molecule has 0 spiro atoms. The number of rotatable bonds is 11. The second kappa shape index (κ2) is 13.7. The summed E-state index contributed by atoms with van der Waals surface area (Å²) >= 11 is 1.34. The Morgan fingerprint density at radius 3 is 2.45 bits per heavy atom. The monoisotopic (exact) mass is 625 g/mol. The maximum atomic E-state index is 13.8. The van der Waals surface area contributed by atoms with Crippen LogP contribution in [0.15, 0.2) is 82.7 Å². The molecule has 44 heavy (non-hydrogen) atoms. The third kappa shape index (κ3) is 7.68. The van der Waals surface area contributed by atoms with Crippen LogP contribution in [-0.2, 0) is 42.7 Å². The molecule has 1 amide bonds. The number of thioether (sulfide) groups is 1. The van der Waals surface area contributed by atoms with E-state index in [-0.39, 0.29) is 29.6 Å². The Kier molecular flexibility index (Phi) is 9.73. The van der Waals surface area contributed by atoms with Gasteiger partial charge < -0.3 is 14.2 Å². The lowest BCUT2D eigenvalue weighted by Crippen LogP contribution is -2.35. The highest BCUT2D eigenvalue weighted by molar-refractivity contribution is 7.98. The smallest absolute Gasteiger partial charge is 0.416 e. The van der Waals surface area contributed by atoms with Crippen molar-refractivity contribution in [2.75, 3.05) is 6.54 Å². The standard InChI is InChI=1S/C33H31F4N3O3S/c1-2-17-39(19-23-5-3-6-27(18-23)43-26-15-11-24(12-16-26)33(35,36)37)30(41)20-40-29-8-4-7-28(29)31(42)38-32(40)44-21-22-9-13-25(34)14-10-22/h3,5-6,9-16,18H,2,4,7-8,17,19-21H2,1H3. The first-order valence-corrected chi connectivity index (χ1v) is 15.3. The number of amides is 1. The molecule has 3 aromatic carbocycles. The van der Waals surface area contributed by atoms with E-state index in [1.807, 2.05) is 17.6 Å². The van der Waals surface area contributed by atoms with Gasteiger partial charge in [0.1, 0.15) is 23.9 Å². The first kappa shape index (κ1) is 31.3. The first-order valence-electron chi connectivity index (χ1n) is 14.3. The van der Waals surface area contributed by atoms with E-state index in [9.17, 15) is 27.2 Å². The summed E-state index contributed by atoms with van der Waals surface area (Å²) in [7, 11) is 0. The average Bonchev–Trinajstić information content (AvgIpc) is 3.49. The van der Waals surface area contributed by atoms with Gasteiger partial charge in [-0.1, -0.05) is 43.0 Å². The van der Waals surface area contributed by atoms with Gasteiger partial charge in [-0.25, -0.2) is 4.39 Å². The van der Waals surface area contributed by atoms with Crippen molar-refractivity contribution in [2.24, 2.45) is 0 Å². The van der Waals surface area contributed by atoms with E-state index in [1.165, 1.54) is 36.0 Å². The molecule has 230 valence electrons. The molecule has 11 heteroatoms. The predicted molar refractivity (Wildman–Crippen MR) is 160 cm³/mol. The van der Waals surface area contributed by atoms with Gasteiger partial charge in [0.05, 0.1) is 5.56 Å². The highest BCUT2D eigenvalue weighted by atomic mass is 32.2. The molecule has 0 saturated heterocycles. The lowest BCUT2D eigenvalue weighted by atomic mass is 10.2. The van der Waals surface area contributed by atoms with E-state index >= 15 is 0 Å². The lowest BCUT2D eigenvalue weighted by molar-refractivity contribution is -0.137. The van der Waals surface area contributed by atoms with Crippen LogP contribution in [-0.4, -0.2) is 26.9 Å². The van der Waals surface area contributed by atoms with Gasteiger partial charge in [0.15, 0.2) is 5.16 Å². The zero-order valence-electron chi connectivity index (χ0n) is 24.1. The SMILES string of the molecule is CCCN(Cc1cccc(Oc2ccc(C(F)(F)F)cc2)c1)C(=O)Cn1c(SCc2ccc(F)cc2)nc(=O)c2c1CCC2. The Morgan fingerprint density at radius 1 is 1.00 bits per heavy atom. The van der Waals surface area contributed by atoms with Gasteiger partial charge in [-0.3, -0.25) is 9.59 Å². The summed E-state index contributed by atoms with van der Waals surface area (Å²) < 4.78 is 59.7. The Balaban J connectivity index is 1.33. The van der Waals surface area contributed by atoms with Crippen molar-refractivity contribution in [1.29, 1.82) is 0 Å². The molecule has 4 aromatic rings. The predicted octanol–water partition coefficient (Wildman–Crippen LogP) is 7.41. The fraction of sp³-hybridized carbons (Fsp3) is 0.303. The van der Waals surface area contributed by atoms with Gasteiger partial charge in [0, 0.05) is 30.1 Å². The number of carbonyl (C=O) groups is 1. The van der Waals surface area contributed by atoms with Crippen LogP contribution in [0.4, 0.5) is 17.6 Å². The minimum Gasteiger partial charge on any atom is -0.457 e. The van der Waals surface area contributed by atoms with Gasteiger partial charge >= 0.3 is 6.18 Å². The van der Waals surface area contributed by atoms with Crippen molar-refractivity contribution in [3.8, 4) is 11.5 Å².